The number of hydrogen-bond donors (Lipinski definition) is 0. The maximum atomic E-state index is 13.6. The summed E-state index contributed by atoms with van der Waals surface area (Å²) in [5.41, 5.74) is 11.3. The SMILES string of the molecule is CN(C1CCCN(c2nc(Cl)nc3cc(N4CCOCC4)ccc23)C1)S(=O)(=O)c1nccs1.Cc1nc(-c2ccccc2)sc1S(=O)(=O)CC1CCCN(c2nc(Cl)nc3cc(N4CCOCC4)ccc23)C1.Cc1nc(-c2ccccc2)sc1S(=O)(=O)CC1CCCN(c2ncnc3cc(N4CCOCC4)ccc23)C1.Cc1nc(C)c(S(=O)(=O)CC2CCCN(c3nc(Cl)nc4cc(N5CCOCC5)ccc34)C2)s1. The van der Waals surface area contributed by atoms with E-state index in [2.05, 4.69) is 160 Å². The lowest BCUT2D eigenvalue weighted by molar-refractivity contribution is 0.122. The number of halogens is 3. The van der Waals surface area contributed by atoms with Gasteiger partial charge in [-0.2, -0.15) is 19.3 Å². The normalized spacial score (nSPS) is 19.2. The van der Waals surface area contributed by atoms with Gasteiger partial charge in [0.2, 0.25) is 20.2 Å². The smallest absolute Gasteiger partial charge is 0.270 e. The Morgan fingerprint density at radius 1 is 0.361 bits per heavy atom. The van der Waals surface area contributed by atoms with Crippen molar-refractivity contribution in [1.29, 1.82) is 0 Å². The molecule has 0 radical (unpaired) electrons. The highest BCUT2D eigenvalue weighted by atomic mass is 35.5. The Bertz CT molecular complexity index is 7400. The third kappa shape index (κ3) is 23.9. The van der Waals surface area contributed by atoms with Gasteiger partial charge >= 0.3 is 0 Å². The number of sulfonamides is 1. The van der Waals surface area contributed by atoms with Crippen molar-refractivity contribution in [2.45, 2.75) is 102 Å². The van der Waals surface area contributed by atoms with E-state index in [4.69, 9.17) is 53.8 Å². The average molecular weight is 2170 g/mol. The quantitative estimate of drug-likeness (QED) is 0.0569. The van der Waals surface area contributed by atoms with Gasteiger partial charge in [-0.15, -0.1) is 45.3 Å². The molecule has 6 aromatic carbocycles. The summed E-state index contributed by atoms with van der Waals surface area (Å²) in [4.78, 5) is 71.7. The number of fused-ring (bicyclic) bond motifs is 4. The van der Waals surface area contributed by atoms with Crippen molar-refractivity contribution < 1.29 is 52.6 Å². The highest BCUT2D eigenvalue weighted by Crippen LogP contribution is 2.42. The number of aromatic nitrogens is 12. The molecule has 16 heterocycles. The minimum atomic E-state index is -3.63. The van der Waals surface area contributed by atoms with Gasteiger partial charge in [0.05, 0.1) is 114 Å². The molecule has 0 aliphatic carbocycles. The first-order chi connectivity index (χ1) is 69.6. The Balaban J connectivity index is 0.000000122. The molecular formula is C100H114Cl3N21O12S8. The molecule has 8 aromatic heterocycles. The second kappa shape index (κ2) is 45.4. The third-order valence-corrected chi connectivity index (χ3v) is 42.1. The molecule has 0 bridgehead atoms. The van der Waals surface area contributed by atoms with Gasteiger partial charge in [0.1, 0.15) is 52.2 Å². The molecule has 760 valence electrons. The van der Waals surface area contributed by atoms with Crippen molar-refractivity contribution in [3.8, 4) is 21.1 Å². The van der Waals surface area contributed by atoms with Gasteiger partial charge in [-0.05, 0) is 204 Å². The highest BCUT2D eigenvalue weighted by Gasteiger charge is 2.38. The van der Waals surface area contributed by atoms with Crippen molar-refractivity contribution in [3.05, 3.63) is 189 Å². The topological polar surface area (TPSA) is 357 Å². The molecule has 0 N–H and O–H groups in total. The number of anilines is 8. The summed E-state index contributed by atoms with van der Waals surface area (Å²) in [5.74, 6) is 3.48. The molecule has 8 aliphatic heterocycles. The van der Waals surface area contributed by atoms with Crippen molar-refractivity contribution in [2.24, 2.45) is 17.8 Å². The van der Waals surface area contributed by atoms with Crippen molar-refractivity contribution in [1.82, 2.24) is 64.1 Å². The maximum Gasteiger partial charge on any atom is 0.270 e. The van der Waals surface area contributed by atoms with E-state index in [-0.39, 0.29) is 61.2 Å². The number of aryl methyl sites for hydroxylation is 4. The number of thiazole rings is 4. The van der Waals surface area contributed by atoms with E-state index in [9.17, 15) is 33.7 Å². The maximum absolute atomic E-state index is 13.6. The molecule has 0 saturated carbocycles. The fourth-order valence-electron chi connectivity index (χ4n) is 20.3. The number of hydrogen-bond acceptors (Lipinski definition) is 36. The highest BCUT2D eigenvalue weighted by molar-refractivity contribution is 7.94. The van der Waals surface area contributed by atoms with Gasteiger partial charge < -0.3 is 58.1 Å². The van der Waals surface area contributed by atoms with Gasteiger partial charge in [0.15, 0.2) is 29.5 Å². The Kier molecular flexibility index (Phi) is 32.4. The molecule has 44 heteroatoms. The van der Waals surface area contributed by atoms with Crippen molar-refractivity contribution in [2.75, 3.05) is 221 Å². The molecule has 144 heavy (non-hydrogen) atoms. The number of ether oxygens (including phenoxy) is 4. The summed E-state index contributed by atoms with van der Waals surface area (Å²) in [6.07, 6.45) is 10.0. The molecule has 4 atom stereocenters. The lowest BCUT2D eigenvalue weighted by Crippen LogP contribution is -2.48. The van der Waals surface area contributed by atoms with Crippen LogP contribution in [0, 0.1) is 45.4 Å². The van der Waals surface area contributed by atoms with Gasteiger partial charge in [0, 0.05) is 185 Å². The van der Waals surface area contributed by atoms with Gasteiger partial charge in [-0.25, -0.2) is 78.5 Å². The molecule has 0 amide bonds. The summed E-state index contributed by atoms with van der Waals surface area (Å²) in [6.45, 7) is 25.3. The molecule has 8 saturated heterocycles. The van der Waals surface area contributed by atoms with Crippen LogP contribution in [0.25, 0.3) is 64.8 Å². The molecule has 0 spiro atoms. The lowest BCUT2D eigenvalue weighted by Gasteiger charge is -2.37. The zero-order valence-electron chi connectivity index (χ0n) is 80.7. The van der Waals surface area contributed by atoms with Crippen molar-refractivity contribution in [3.63, 3.8) is 0 Å². The number of nitrogens with zero attached hydrogens (tertiary/aromatic N) is 21. The first-order valence-corrected chi connectivity index (χ1v) is 59.5. The summed E-state index contributed by atoms with van der Waals surface area (Å²) < 4.78 is 131. The minimum Gasteiger partial charge on any atom is -0.378 e. The predicted molar refractivity (Wildman–Crippen MR) is 575 cm³/mol. The fourth-order valence-corrected chi connectivity index (χ4v) is 33.0. The molecule has 22 rings (SSSR count). The summed E-state index contributed by atoms with van der Waals surface area (Å²) in [5, 5.41) is 8.26. The molecule has 14 aromatic rings. The Morgan fingerprint density at radius 2 is 0.701 bits per heavy atom. The van der Waals surface area contributed by atoms with E-state index >= 15 is 0 Å². The summed E-state index contributed by atoms with van der Waals surface area (Å²) in [7, 11) is -12.4. The number of morpholine rings is 4. The monoisotopic (exact) mass is 2160 g/mol. The molecule has 33 nitrogen and oxygen atoms in total. The molecular weight excluding hydrogens is 2050 g/mol. The zero-order chi connectivity index (χ0) is 100.0. The van der Waals surface area contributed by atoms with Crippen LogP contribution in [-0.4, -0.2) is 286 Å². The van der Waals surface area contributed by atoms with Crippen LogP contribution < -0.4 is 39.2 Å². The zero-order valence-corrected chi connectivity index (χ0v) is 89.5. The number of rotatable bonds is 22. The molecule has 4 unspecified atom stereocenters. The largest absolute Gasteiger partial charge is 0.378 e. The van der Waals surface area contributed by atoms with Crippen LogP contribution in [0.2, 0.25) is 15.9 Å². The standard InChI is InChI=1S/C28H30ClN5O3S2.C28H31N5O3S2.C23H28ClN5O3S2.C21H25ClN6O3S2/c1-19-27(38-26(30-19)21-7-3-2-4-8-21)39(35,36)18-20-6-5-11-34(17-20)25-23-10-9-22(33-12-14-37-15-13-33)16-24(23)31-28(29)32-25;1-20-28(37-27(31-20)22-7-3-2-4-8-22)38(34,35)18-21-6-5-11-33(17-21)26-24-10-9-23(16-25(24)29-19-30-26)32-12-14-36-15-13-32;1-15-22(33-16(2)25-15)34(30,31)14-17-4-3-7-29(13-17)21-19-6-5-18(28-8-10-32-11-9-28)12-20(19)26-23(24)27-21;1-26(33(29,30)21-23-6-12-32-21)16-3-2-7-28(14-16)19-17-5-4-15(27-8-10-31-11-9-27)13-18(17)24-20(22)25-19/h2-4,7-10,16,20H,5-6,11-15,17-18H2,1H3;2-4,7-10,16,19,21H,5-6,11-15,17-18H2,1H3;5-6,12,17H,3-4,7-11,13-14H2,1-2H3;4-6,12-13,16H,2-3,7-11,14H2,1H3. The Hall–Kier alpha value is -9.93. The van der Waals surface area contributed by atoms with E-state index < -0.39 is 39.5 Å². The molecule has 8 aliphatic rings. The van der Waals surface area contributed by atoms with Gasteiger partial charge in [0.25, 0.3) is 10.0 Å². The van der Waals surface area contributed by atoms with Crippen LogP contribution in [0.3, 0.4) is 0 Å². The van der Waals surface area contributed by atoms with E-state index in [1.54, 1.807) is 39.5 Å². The number of benzene rings is 6. The minimum absolute atomic E-state index is 0.0111. The summed E-state index contributed by atoms with van der Waals surface area (Å²) in [6, 6.07) is 44.2. The number of piperidine rings is 4. The fraction of sp³-hybridized carbons (Fsp3) is 0.440. The number of sulfone groups is 3. The van der Waals surface area contributed by atoms with Crippen LogP contribution in [-0.2, 0) is 58.5 Å². The average Bonchev–Trinajstić information content (AvgIpc) is 1.17. The lowest BCUT2D eigenvalue weighted by atomic mass is 9.99. The predicted octanol–water partition coefficient (Wildman–Crippen LogP) is 16.6. The first kappa shape index (κ1) is 103. The van der Waals surface area contributed by atoms with E-state index in [1.165, 1.54) is 44.5 Å². The Morgan fingerprint density at radius 3 is 1.06 bits per heavy atom. The third-order valence-electron chi connectivity index (χ3n) is 27.3. The van der Waals surface area contributed by atoms with Crippen LogP contribution in [0.4, 0.5) is 46.0 Å². The van der Waals surface area contributed by atoms with Crippen LogP contribution in [0.15, 0.2) is 168 Å². The first-order valence-electron chi connectivity index (χ1n) is 48.6. The van der Waals surface area contributed by atoms with Gasteiger partial charge in [-0.1, -0.05) is 60.7 Å². The van der Waals surface area contributed by atoms with Crippen LogP contribution >= 0.6 is 80.1 Å². The second-order valence-electron chi connectivity index (χ2n) is 37.2. The summed E-state index contributed by atoms with van der Waals surface area (Å²) >= 11 is 24.0. The Labute approximate surface area is 870 Å². The number of likely N-dealkylation sites (N-methyl/N-ethyl adjacent to an activating group) is 1. The van der Waals surface area contributed by atoms with E-state index in [0.717, 1.165) is 270 Å². The van der Waals surface area contributed by atoms with E-state index in [1.807, 2.05) is 79.7 Å². The molecule has 8 fully saturated rings. The van der Waals surface area contributed by atoms with Crippen LogP contribution in [0.5, 0.6) is 0 Å². The van der Waals surface area contributed by atoms with Crippen LogP contribution in [0.1, 0.15) is 73.5 Å². The van der Waals surface area contributed by atoms with E-state index in [0.29, 0.717) is 95.5 Å². The van der Waals surface area contributed by atoms with Gasteiger partial charge in [-0.3, -0.25) is 0 Å². The second-order valence-corrected chi connectivity index (χ2v) is 51.2. The van der Waals surface area contributed by atoms with Crippen molar-refractivity contribution >= 4 is 209 Å².